The third-order valence-electron chi connectivity index (χ3n) is 3.89. The third kappa shape index (κ3) is 5.45. The normalized spacial score (nSPS) is 16.8. The Balaban J connectivity index is 0.00000242. The Morgan fingerprint density at radius 3 is 2.50 bits per heavy atom. The van der Waals surface area contributed by atoms with Gasteiger partial charge < -0.3 is 15.0 Å². The van der Waals surface area contributed by atoms with E-state index in [0.717, 1.165) is 42.7 Å². The molecule has 0 saturated carbocycles. The van der Waals surface area contributed by atoms with Gasteiger partial charge in [0.25, 0.3) is 5.91 Å². The molecule has 124 valence electrons. The van der Waals surface area contributed by atoms with E-state index < -0.39 is 6.10 Å². The highest BCUT2D eigenvalue weighted by atomic mass is 79.9. The Morgan fingerprint density at radius 2 is 1.95 bits per heavy atom. The average Bonchev–Trinajstić information content (AvgIpc) is 2.50. The number of nitrogens with one attached hydrogen (secondary N) is 1. The number of likely N-dealkylation sites (tertiary alicyclic amines) is 1. The number of rotatable bonds is 5. The summed E-state index contributed by atoms with van der Waals surface area (Å²) in [5.74, 6) is 1.49. The first kappa shape index (κ1) is 19.3. The van der Waals surface area contributed by atoms with Crippen molar-refractivity contribution in [2.24, 2.45) is 5.92 Å². The average molecular weight is 392 g/mol. The minimum absolute atomic E-state index is 0. The van der Waals surface area contributed by atoms with Crippen LogP contribution in [0.5, 0.6) is 5.75 Å². The zero-order valence-electron chi connectivity index (χ0n) is 13.0. The molecule has 1 aliphatic heterocycles. The molecule has 1 saturated heterocycles. The number of piperidine rings is 1. The Kier molecular flexibility index (Phi) is 8.21. The highest BCUT2D eigenvalue weighted by molar-refractivity contribution is 9.10. The SMILES string of the molecule is CNCC1CCN(C(=O)C(C)Oc2ccc(Br)cc2)CC1.Cl. The summed E-state index contributed by atoms with van der Waals surface area (Å²) in [6, 6.07) is 7.56. The van der Waals surface area contributed by atoms with Gasteiger partial charge in [-0.15, -0.1) is 12.4 Å². The van der Waals surface area contributed by atoms with Crippen molar-refractivity contribution in [2.75, 3.05) is 26.7 Å². The maximum atomic E-state index is 12.4. The lowest BCUT2D eigenvalue weighted by molar-refractivity contribution is -0.139. The molecular weight excluding hydrogens is 368 g/mol. The number of hydrogen-bond acceptors (Lipinski definition) is 3. The predicted octanol–water partition coefficient (Wildman–Crippen LogP) is 3.10. The van der Waals surface area contributed by atoms with Gasteiger partial charge in [0, 0.05) is 17.6 Å². The van der Waals surface area contributed by atoms with E-state index in [1.54, 1.807) is 0 Å². The number of amides is 1. The molecule has 6 heteroatoms. The smallest absolute Gasteiger partial charge is 0.263 e. The van der Waals surface area contributed by atoms with Gasteiger partial charge in [-0.3, -0.25) is 4.79 Å². The monoisotopic (exact) mass is 390 g/mol. The number of benzene rings is 1. The fourth-order valence-electron chi connectivity index (χ4n) is 2.67. The van der Waals surface area contributed by atoms with Crippen LogP contribution in [0, 0.1) is 5.92 Å². The summed E-state index contributed by atoms with van der Waals surface area (Å²) in [5.41, 5.74) is 0. The molecule has 0 bridgehead atoms. The van der Waals surface area contributed by atoms with Gasteiger partial charge >= 0.3 is 0 Å². The molecule has 1 aliphatic rings. The van der Waals surface area contributed by atoms with Crippen LogP contribution in [0.4, 0.5) is 0 Å². The van der Waals surface area contributed by atoms with Gasteiger partial charge in [0.05, 0.1) is 0 Å². The van der Waals surface area contributed by atoms with Crippen molar-refractivity contribution >= 4 is 34.2 Å². The molecule has 1 heterocycles. The number of ether oxygens (including phenoxy) is 1. The van der Waals surface area contributed by atoms with Crippen LogP contribution < -0.4 is 10.1 Å². The van der Waals surface area contributed by atoms with E-state index in [1.807, 2.05) is 43.1 Å². The summed E-state index contributed by atoms with van der Waals surface area (Å²) in [4.78, 5) is 14.3. The van der Waals surface area contributed by atoms with Gasteiger partial charge in [0.1, 0.15) is 5.75 Å². The molecule has 4 nitrogen and oxygen atoms in total. The van der Waals surface area contributed by atoms with Gasteiger partial charge in [0.2, 0.25) is 0 Å². The summed E-state index contributed by atoms with van der Waals surface area (Å²) in [6.45, 7) is 4.52. The molecule has 0 aliphatic carbocycles. The van der Waals surface area contributed by atoms with E-state index >= 15 is 0 Å². The van der Waals surface area contributed by atoms with Crippen molar-refractivity contribution in [3.63, 3.8) is 0 Å². The number of carbonyl (C=O) groups excluding carboxylic acids is 1. The van der Waals surface area contributed by atoms with E-state index in [2.05, 4.69) is 21.2 Å². The molecule has 1 amide bonds. The Bertz CT molecular complexity index is 462. The molecular formula is C16H24BrClN2O2. The summed E-state index contributed by atoms with van der Waals surface area (Å²) in [7, 11) is 1.98. The predicted molar refractivity (Wildman–Crippen MR) is 94.7 cm³/mol. The highest BCUT2D eigenvalue weighted by Crippen LogP contribution is 2.20. The number of halogens is 2. The number of carbonyl (C=O) groups is 1. The lowest BCUT2D eigenvalue weighted by Gasteiger charge is -2.33. The standard InChI is InChI=1S/C16H23BrN2O2.ClH/c1-12(21-15-5-3-14(17)4-6-15)16(20)19-9-7-13(8-10-19)11-18-2;/h3-6,12-13,18H,7-11H2,1-2H3;1H. The minimum atomic E-state index is -0.438. The quantitative estimate of drug-likeness (QED) is 0.838. The van der Waals surface area contributed by atoms with E-state index in [-0.39, 0.29) is 18.3 Å². The van der Waals surface area contributed by atoms with E-state index in [9.17, 15) is 4.79 Å². The first-order chi connectivity index (χ1) is 10.1. The largest absolute Gasteiger partial charge is 0.481 e. The topological polar surface area (TPSA) is 41.6 Å². The maximum Gasteiger partial charge on any atom is 0.263 e. The summed E-state index contributed by atoms with van der Waals surface area (Å²) in [6.07, 6.45) is 1.70. The zero-order valence-corrected chi connectivity index (χ0v) is 15.5. The highest BCUT2D eigenvalue weighted by Gasteiger charge is 2.26. The zero-order chi connectivity index (χ0) is 15.2. The second-order valence-corrected chi connectivity index (χ2v) is 6.46. The third-order valence-corrected chi connectivity index (χ3v) is 4.42. The molecule has 22 heavy (non-hydrogen) atoms. The second kappa shape index (κ2) is 9.38. The van der Waals surface area contributed by atoms with Crippen LogP contribution in [0.1, 0.15) is 19.8 Å². The van der Waals surface area contributed by atoms with Crippen LogP contribution in [-0.2, 0) is 4.79 Å². The lowest BCUT2D eigenvalue weighted by Crippen LogP contribution is -2.45. The minimum Gasteiger partial charge on any atom is -0.481 e. The molecule has 0 radical (unpaired) electrons. The molecule has 1 fully saturated rings. The van der Waals surface area contributed by atoms with Crippen LogP contribution in [0.15, 0.2) is 28.7 Å². The molecule has 0 aromatic heterocycles. The first-order valence-corrected chi connectivity index (χ1v) is 8.25. The molecule has 1 aromatic rings. The summed E-state index contributed by atoms with van der Waals surface area (Å²) in [5, 5.41) is 3.21. The van der Waals surface area contributed by atoms with Crippen molar-refractivity contribution in [1.82, 2.24) is 10.2 Å². The van der Waals surface area contributed by atoms with E-state index in [4.69, 9.17) is 4.74 Å². The number of hydrogen-bond donors (Lipinski definition) is 1. The van der Waals surface area contributed by atoms with Gasteiger partial charge in [-0.05, 0) is 63.5 Å². The van der Waals surface area contributed by atoms with Crippen molar-refractivity contribution in [2.45, 2.75) is 25.9 Å². The first-order valence-electron chi connectivity index (χ1n) is 7.45. The lowest BCUT2D eigenvalue weighted by atomic mass is 9.96. The molecule has 1 aromatic carbocycles. The summed E-state index contributed by atoms with van der Waals surface area (Å²) < 4.78 is 6.73. The van der Waals surface area contributed by atoms with Crippen molar-refractivity contribution in [3.8, 4) is 5.75 Å². The maximum absolute atomic E-state index is 12.4. The fraction of sp³-hybridized carbons (Fsp3) is 0.562. The molecule has 1 unspecified atom stereocenters. The molecule has 2 rings (SSSR count). The van der Waals surface area contributed by atoms with Crippen LogP contribution >= 0.6 is 28.3 Å². The number of nitrogens with zero attached hydrogens (tertiary/aromatic N) is 1. The van der Waals surface area contributed by atoms with Crippen molar-refractivity contribution in [3.05, 3.63) is 28.7 Å². The van der Waals surface area contributed by atoms with Crippen molar-refractivity contribution in [1.29, 1.82) is 0 Å². The van der Waals surface area contributed by atoms with Crippen LogP contribution in [-0.4, -0.2) is 43.6 Å². The fourth-order valence-corrected chi connectivity index (χ4v) is 2.94. The Labute approximate surface area is 147 Å². The Hall–Kier alpha value is -0.780. The van der Waals surface area contributed by atoms with E-state index in [1.165, 1.54) is 0 Å². The molecule has 1 N–H and O–H groups in total. The van der Waals surface area contributed by atoms with Gasteiger partial charge in [-0.1, -0.05) is 15.9 Å². The van der Waals surface area contributed by atoms with Gasteiger partial charge in [-0.2, -0.15) is 0 Å². The van der Waals surface area contributed by atoms with Crippen LogP contribution in [0.3, 0.4) is 0 Å². The molecule has 0 spiro atoms. The Morgan fingerprint density at radius 1 is 1.36 bits per heavy atom. The van der Waals surface area contributed by atoms with Crippen molar-refractivity contribution < 1.29 is 9.53 Å². The van der Waals surface area contributed by atoms with Crippen LogP contribution in [0.2, 0.25) is 0 Å². The van der Waals surface area contributed by atoms with E-state index in [0.29, 0.717) is 5.92 Å². The summed E-state index contributed by atoms with van der Waals surface area (Å²) >= 11 is 3.39. The van der Waals surface area contributed by atoms with Crippen LogP contribution in [0.25, 0.3) is 0 Å². The second-order valence-electron chi connectivity index (χ2n) is 5.54. The van der Waals surface area contributed by atoms with Gasteiger partial charge in [0.15, 0.2) is 6.10 Å². The molecule has 1 atom stereocenters. The van der Waals surface area contributed by atoms with Gasteiger partial charge in [-0.25, -0.2) is 0 Å².